The molecule has 0 aromatic rings. The van der Waals surface area contributed by atoms with Crippen LogP contribution in [0.15, 0.2) is 22.8 Å². The van der Waals surface area contributed by atoms with E-state index in [9.17, 15) is 9.59 Å². The Kier molecular flexibility index (Phi) is 6.07. The SMILES string of the molecule is C/C(=C\CC[C@H](C)[C@@H]1CC[C@]2(C)C3=C(CC[C@]12C)[C@]1(C)CCC(=O)C(C)(C)[C@@H]1CC3)C(=O)O. The molecule has 2 saturated carbocycles. The van der Waals surface area contributed by atoms with Gasteiger partial charge >= 0.3 is 5.97 Å². The van der Waals surface area contributed by atoms with Gasteiger partial charge in [0.2, 0.25) is 0 Å². The molecule has 4 rings (SSSR count). The van der Waals surface area contributed by atoms with E-state index in [1.807, 2.05) is 6.08 Å². The van der Waals surface area contributed by atoms with Crippen molar-refractivity contribution in [3.8, 4) is 0 Å². The minimum atomic E-state index is -0.800. The van der Waals surface area contributed by atoms with Crippen LogP contribution in [0.3, 0.4) is 0 Å². The van der Waals surface area contributed by atoms with Crippen molar-refractivity contribution in [3.63, 3.8) is 0 Å². The monoisotopic (exact) mass is 454 g/mol. The van der Waals surface area contributed by atoms with Gasteiger partial charge in [-0.3, -0.25) is 4.79 Å². The summed E-state index contributed by atoms with van der Waals surface area (Å²) in [4.78, 5) is 23.9. The third-order valence-corrected chi connectivity index (χ3v) is 11.7. The average Bonchev–Trinajstić information content (AvgIpc) is 3.02. The number of Topliss-reactive ketones (excluding diaryl/α,β-unsaturated/α-hetero) is 1. The smallest absolute Gasteiger partial charge is 0.330 e. The fraction of sp³-hybridized carbons (Fsp3) is 0.800. The van der Waals surface area contributed by atoms with Crippen molar-refractivity contribution in [2.75, 3.05) is 0 Å². The first-order valence-electron chi connectivity index (χ1n) is 13.5. The lowest BCUT2D eigenvalue weighted by Crippen LogP contribution is -2.53. The molecule has 184 valence electrons. The van der Waals surface area contributed by atoms with Gasteiger partial charge in [-0.2, -0.15) is 0 Å². The van der Waals surface area contributed by atoms with Gasteiger partial charge in [0, 0.05) is 17.4 Å². The Bertz CT molecular complexity index is 908. The highest BCUT2D eigenvalue weighted by Gasteiger charge is 2.63. The van der Waals surface area contributed by atoms with Crippen molar-refractivity contribution >= 4 is 11.8 Å². The molecule has 4 aliphatic carbocycles. The molecule has 3 heteroatoms. The topological polar surface area (TPSA) is 54.4 Å². The van der Waals surface area contributed by atoms with Crippen LogP contribution in [0.2, 0.25) is 0 Å². The second-order valence-corrected chi connectivity index (χ2v) is 13.3. The zero-order chi connectivity index (χ0) is 24.4. The third kappa shape index (κ3) is 3.50. The minimum absolute atomic E-state index is 0.193. The summed E-state index contributed by atoms with van der Waals surface area (Å²) in [6.45, 7) is 16.2. The van der Waals surface area contributed by atoms with Crippen molar-refractivity contribution in [1.82, 2.24) is 0 Å². The molecule has 0 amide bonds. The molecule has 0 radical (unpaired) electrons. The molecule has 0 unspecified atom stereocenters. The predicted molar refractivity (Wildman–Crippen MR) is 134 cm³/mol. The molecule has 3 nitrogen and oxygen atoms in total. The molecule has 0 spiro atoms. The second kappa shape index (κ2) is 8.09. The van der Waals surface area contributed by atoms with Crippen LogP contribution in [0.5, 0.6) is 0 Å². The Hall–Kier alpha value is -1.38. The first-order chi connectivity index (χ1) is 15.3. The lowest BCUT2D eigenvalue weighted by Gasteiger charge is -2.61. The summed E-state index contributed by atoms with van der Waals surface area (Å²) >= 11 is 0. The highest BCUT2D eigenvalue weighted by Crippen LogP contribution is 2.72. The van der Waals surface area contributed by atoms with Gasteiger partial charge in [-0.25, -0.2) is 4.79 Å². The number of allylic oxidation sites excluding steroid dienone is 3. The highest BCUT2D eigenvalue weighted by atomic mass is 16.4. The largest absolute Gasteiger partial charge is 0.478 e. The zero-order valence-corrected chi connectivity index (χ0v) is 22.1. The third-order valence-electron chi connectivity index (χ3n) is 11.7. The first-order valence-corrected chi connectivity index (χ1v) is 13.5. The van der Waals surface area contributed by atoms with Gasteiger partial charge in [0.25, 0.3) is 0 Å². The van der Waals surface area contributed by atoms with Gasteiger partial charge < -0.3 is 5.11 Å². The van der Waals surface area contributed by atoms with Crippen LogP contribution in [0.25, 0.3) is 0 Å². The van der Waals surface area contributed by atoms with E-state index in [0.29, 0.717) is 34.5 Å². The molecule has 0 aromatic heterocycles. The molecule has 6 atom stereocenters. The number of ketones is 1. The second-order valence-electron chi connectivity index (χ2n) is 13.3. The summed E-state index contributed by atoms with van der Waals surface area (Å²) in [5.41, 5.74) is 4.58. The van der Waals surface area contributed by atoms with Crippen LogP contribution in [0.4, 0.5) is 0 Å². The van der Waals surface area contributed by atoms with Crippen molar-refractivity contribution < 1.29 is 14.7 Å². The van der Waals surface area contributed by atoms with E-state index in [1.165, 1.54) is 38.5 Å². The van der Waals surface area contributed by atoms with Gasteiger partial charge in [-0.1, -0.05) is 58.8 Å². The van der Waals surface area contributed by atoms with Crippen LogP contribution in [0.1, 0.15) is 113 Å². The minimum Gasteiger partial charge on any atom is -0.478 e. The Labute approximate surface area is 201 Å². The van der Waals surface area contributed by atoms with E-state index in [-0.39, 0.29) is 16.2 Å². The number of aliphatic carboxylic acids is 1. The van der Waals surface area contributed by atoms with Crippen molar-refractivity contribution in [2.45, 2.75) is 113 Å². The van der Waals surface area contributed by atoms with E-state index in [1.54, 1.807) is 18.1 Å². The van der Waals surface area contributed by atoms with E-state index in [4.69, 9.17) is 5.11 Å². The van der Waals surface area contributed by atoms with Crippen molar-refractivity contribution in [2.24, 2.45) is 39.4 Å². The summed E-state index contributed by atoms with van der Waals surface area (Å²) in [6, 6.07) is 0. The normalized spacial score (nSPS) is 41.3. The fourth-order valence-electron chi connectivity index (χ4n) is 9.29. The average molecular weight is 455 g/mol. The molecule has 2 fully saturated rings. The maximum Gasteiger partial charge on any atom is 0.330 e. The highest BCUT2D eigenvalue weighted by molar-refractivity contribution is 5.86. The Morgan fingerprint density at radius 1 is 1.03 bits per heavy atom. The maximum atomic E-state index is 12.8. The number of rotatable bonds is 5. The molecule has 0 aliphatic heterocycles. The summed E-state index contributed by atoms with van der Waals surface area (Å²) in [5, 5.41) is 9.16. The summed E-state index contributed by atoms with van der Waals surface area (Å²) < 4.78 is 0. The van der Waals surface area contributed by atoms with Gasteiger partial charge in [0.05, 0.1) is 0 Å². The summed E-state index contributed by atoms with van der Waals surface area (Å²) in [6.07, 6.45) is 13.0. The van der Waals surface area contributed by atoms with E-state index in [0.717, 1.165) is 25.7 Å². The van der Waals surface area contributed by atoms with E-state index < -0.39 is 5.97 Å². The van der Waals surface area contributed by atoms with Crippen LogP contribution in [0, 0.1) is 39.4 Å². The number of fused-ring (bicyclic) bond motifs is 4. The summed E-state index contributed by atoms with van der Waals surface area (Å²) in [7, 11) is 0. The molecule has 4 aliphatic rings. The fourth-order valence-corrected chi connectivity index (χ4v) is 9.29. The molecule has 0 heterocycles. The van der Waals surface area contributed by atoms with Crippen LogP contribution in [-0.2, 0) is 9.59 Å². The van der Waals surface area contributed by atoms with E-state index >= 15 is 0 Å². The van der Waals surface area contributed by atoms with Gasteiger partial charge in [-0.15, -0.1) is 0 Å². The number of carbonyl (C=O) groups excluding carboxylic acids is 1. The van der Waals surface area contributed by atoms with Gasteiger partial charge in [-0.05, 0) is 98.7 Å². The molecule has 0 saturated heterocycles. The number of hydrogen-bond acceptors (Lipinski definition) is 2. The number of hydrogen-bond donors (Lipinski definition) is 1. The van der Waals surface area contributed by atoms with Crippen molar-refractivity contribution in [3.05, 3.63) is 22.8 Å². The van der Waals surface area contributed by atoms with Gasteiger partial charge in [0.15, 0.2) is 0 Å². The van der Waals surface area contributed by atoms with Crippen molar-refractivity contribution in [1.29, 1.82) is 0 Å². The van der Waals surface area contributed by atoms with Crippen LogP contribution >= 0.6 is 0 Å². The molecule has 0 aromatic carbocycles. The predicted octanol–water partition coefficient (Wildman–Crippen LogP) is 7.75. The molecular weight excluding hydrogens is 408 g/mol. The Morgan fingerprint density at radius 2 is 1.73 bits per heavy atom. The Balaban J connectivity index is 1.61. The lowest BCUT2D eigenvalue weighted by atomic mass is 9.43. The standard InChI is InChI=1S/C30H46O3/c1-19(9-8-10-20(2)26(32)33)21-13-17-30(7)23-11-12-24-27(3,4)25(31)15-16-28(24,5)22(23)14-18-29(21,30)6/h10,19,21,24H,8-9,11-18H2,1-7H3,(H,32,33)/b20-10+/t19-,21-,24-,28-,29+,30+/m0/s1. The Morgan fingerprint density at radius 3 is 2.39 bits per heavy atom. The molecular formula is C30H46O3. The first kappa shape index (κ1) is 24.7. The quantitative estimate of drug-likeness (QED) is 0.341. The number of carbonyl (C=O) groups is 2. The van der Waals surface area contributed by atoms with E-state index in [2.05, 4.69) is 41.5 Å². The molecule has 0 bridgehead atoms. The molecule has 33 heavy (non-hydrogen) atoms. The lowest BCUT2D eigenvalue weighted by molar-refractivity contribution is -0.139. The van der Waals surface area contributed by atoms with Crippen LogP contribution in [-0.4, -0.2) is 16.9 Å². The van der Waals surface area contributed by atoms with Gasteiger partial charge in [0.1, 0.15) is 5.78 Å². The zero-order valence-electron chi connectivity index (χ0n) is 22.1. The van der Waals surface area contributed by atoms with Crippen LogP contribution < -0.4 is 0 Å². The summed E-state index contributed by atoms with van der Waals surface area (Å²) in [5.74, 6) is 1.47. The molecule has 1 N–H and O–H groups in total. The maximum absolute atomic E-state index is 12.8. The number of carboxylic acid groups (broad SMARTS) is 1. The number of carboxylic acids is 1.